The second kappa shape index (κ2) is 9.66. The molecule has 0 saturated heterocycles. The van der Waals surface area contributed by atoms with Gasteiger partial charge in [-0.05, 0) is 70.9 Å². The first kappa shape index (κ1) is 24.4. The van der Waals surface area contributed by atoms with Crippen LogP contribution in [0.4, 0.5) is 30.4 Å². The number of halogens is 4. The summed E-state index contributed by atoms with van der Waals surface area (Å²) >= 11 is 3.50. The monoisotopic (exact) mass is 566 g/mol. The van der Waals surface area contributed by atoms with Gasteiger partial charge >= 0.3 is 6.18 Å². The first-order chi connectivity index (χ1) is 17.7. The number of carbonyl (C=O) groups excluding carboxylic acids is 1. The normalized spacial score (nSPS) is 11.5. The molecule has 0 fully saturated rings. The topological polar surface area (TPSA) is 84.2 Å². The molecule has 0 unspecified atom stereocenters. The Balaban J connectivity index is 1.46. The van der Waals surface area contributed by atoms with Crippen LogP contribution in [0.15, 0.2) is 84.0 Å². The number of benzene rings is 2. The summed E-state index contributed by atoms with van der Waals surface area (Å²) < 4.78 is 41.7. The molecule has 5 aromatic rings. The first-order valence-electron chi connectivity index (χ1n) is 11.0. The van der Waals surface area contributed by atoms with E-state index in [2.05, 4.69) is 36.5 Å². The maximum Gasteiger partial charge on any atom is 0.416 e. The number of aryl methyl sites for hydroxylation is 1. The van der Waals surface area contributed by atoms with E-state index in [4.69, 9.17) is 4.98 Å². The van der Waals surface area contributed by atoms with Crippen LogP contribution in [0.25, 0.3) is 16.9 Å². The standard InChI is InChI=1S/C26H18BrF3N6O/c1-15-7-8-19(33-25(37)16-4-2-6-18(10-16)26(28,29)30)11-20(15)34-23-24-32-13-22(27)36(24)14-21(35-23)17-5-3-9-31-12-17/h2-14H,1H3,(H,33,37)(H,34,35). The first-order valence-corrected chi connectivity index (χ1v) is 11.8. The minimum absolute atomic E-state index is 0.0975. The highest BCUT2D eigenvalue weighted by Crippen LogP contribution is 2.31. The van der Waals surface area contributed by atoms with Crippen molar-refractivity contribution in [3.8, 4) is 11.3 Å². The van der Waals surface area contributed by atoms with Crippen LogP contribution in [0, 0.1) is 6.92 Å². The van der Waals surface area contributed by atoms with Crippen LogP contribution in [0.1, 0.15) is 21.5 Å². The summed E-state index contributed by atoms with van der Waals surface area (Å²) in [6.07, 6.45) is 2.34. The third kappa shape index (κ3) is 5.17. The van der Waals surface area contributed by atoms with Crippen LogP contribution in [-0.2, 0) is 6.18 Å². The molecule has 0 aliphatic carbocycles. The molecule has 2 N–H and O–H groups in total. The van der Waals surface area contributed by atoms with E-state index in [1.54, 1.807) is 36.8 Å². The van der Waals surface area contributed by atoms with Crippen molar-refractivity contribution in [1.29, 1.82) is 0 Å². The molecule has 0 aliphatic rings. The molecular weight excluding hydrogens is 549 g/mol. The summed E-state index contributed by atoms with van der Waals surface area (Å²) in [5.41, 5.74) is 2.95. The van der Waals surface area contributed by atoms with Gasteiger partial charge in [-0.2, -0.15) is 13.2 Å². The lowest BCUT2D eigenvalue weighted by molar-refractivity contribution is -0.137. The molecule has 3 heterocycles. The summed E-state index contributed by atoms with van der Waals surface area (Å²) in [4.78, 5) is 26.0. The number of carbonyl (C=O) groups is 1. The predicted molar refractivity (Wildman–Crippen MR) is 138 cm³/mol. The van der Waals surface area contributed by atoms with E-state index in [9.17, 15) is 18.0 Å². The zero-order chi connectivity index (χ0) is 26.2. The fourth-order valence-electron chi connectivity index (χ4n) is 3.70. The van der Waals surface area contributed by atoms with Crippen LogP contribution in [0.2, 0.25) is 0 Å². The molecule has 11 heteroatoms. The van der Waals surface area contributed by atoms with Crippen LogP contribution in [-0.4, -0.2) is 25.3 Å². The maximum atomic E-state index is 13.1. The second-order valence-corrected chi connectivity index (χ2v) is 8.99. The van der Waals surface area contributed by atoms with Crippen molar-refractivity contribution < 1.29 is 18.0 Å². The van der Waals surface area contributed by atoms with Crippen molar-refractivity contribution in [2.45, 2.75) is 13.1 Å². The van der Waals surface area contributed by atoms with Crippen LogP contribution in [0.3, 0.4) is 0 Å². The Kier molecular flexibility index (Phi) is 6.38. The Hall–Kier alpha value is -4.25. The zero-order valence-electron chi connectivity index (χ0n) is 19.2. The number of hydrogen-bond acceptors (Lipinski definition) is 5. The summed E-state index contributed by atoms with van der Waals surface area (Å²) in [7, 11) is 0. The SMILES string of the molecule is Cc1ccc(NC(=O)c2cccc(C(F)(F)F)c2)cc1Nc1nc(-c2cccnc2)cn2c(Br)cnc12. The lowest BCUT2D eigenvalue weighted by Crippen LogP contribution is -2.14. The molecule has 0 aliphatic heterocycles. The minimum atomic E-state index is -4.54. The van der Waals surface area contributed by atoms with Crippen molar-refractivity contribution in [2.24, 2.45) is 0 Å². The predicted octanol–water partition coefficient (Wildman–Crippen LogP) is 6.88. The molecule has 0 bridgehead atoms. The fourth-order valence-corrected chi connectivity index (χ4v) is 4.07. The molecule has 3 aromatic heterocycles. The van der Waals surface area contributed by atoms with E-state index >= 15 is 0 Å². The number of aromatic nitrogens is 4. The average molecular weight is 567 g/mol. The van der Waals surface area contributed by atoms with Crippen molar-refractivity contribution in [3.63, 3.8) is 0 Å². The largest absolute Gasteiger partial charge is 0.416 e. The van der Waals surface area contributed by atoms with Gasteiger partial charge in [0.2, 0.25) is 0 Å². The van der Waals surface area contributed by atoms with Crippen molar-refractivity contribution in [2.75, 3.05) is 10.6 Å². The maximum absolute atomic E-state index is 13.1. The molecule has 5 rings (SSSR count). The third-order valence-corrected chi connectivity index (χ3v) is 6.19. The van der Waals surface area contributed by atoms with E-state index in [0.717, 1.165) is 27.9 Å². The van der Waals surface area contributed by atoms with Gasteiger partial charge in [-0.25, -0.2) is 9.97 Å². The lowest BCUT2D eigenvalue weighted by Gasteiger charge is -2.14. The number of rotatable bonds is 5. The Morgan fingerprint density at radius 3 is 2.65 bits per heavy atom. The lowest BCUT2D eigenvalue weighted by atomic mass is 10.1. The molecule has 37 heavy (non-hydrogen) atoms. The van der Waals surface area contributed by atoms with Crippen LogP contribution >= 0.6 is 15.9 Å². The molecule has 0 radical (unpaired) electrons. The van der Waals surface area contributed by atoms with E-state index in [0.29, 0.717) is 28.5 Å². The highest BCUT2D eigenvalue weighted by molar-refractivity contribution is 9.10. The quantitative estimate of drug-likeness (QED) is 0.242. The number of fused-ring (bicyclic) bond motifs is 1. The van der Waals surface area contributed by atoms with E-state index < -0.39 is 17.6 Å². The highest BCUT2D eigenvalue weighted by Gasteiger charge is 2.30. The number of alkyl halides is 3. The summed E-state index contributed by atoms with van der Waals surface area (Å²) in [6.45, 7) is 1.88. The molecule has 0 atom stereocenters. The van der Waals surface area contributed by atoms with E-state index in [-0.39, 0.29) is 5.56 Å². The number of pyridine rings is 1. The molecule has 2 aromatic carbocycles. The second-order valence-electron chi connectivity index (χ2n) is 8.18. The van der Waals surface area contributed by atoms with Gasteiger partial charge in [0.05, 0.1) is 17.5 Å². The smallest absolute Gasteiger partial charge is 0.337 e. The summed E-state index contributed by atoms with van der Waals surface area (Å²) in [5.74, 6) is -0.186. The number of nitrogens with one attached hydrogen (secondary N) is 2. The minimum Gasteiger partial charge on any atom is -0.337 e. The zero-order valence-corrected chi connectivity index (χ0v) is 20.8. The van der Waals surface area contributed by atoms with Crippen molar-refractivity contribution >= 4 is 44.7 Å². The van der Waals surface area contributed by atoms with Gasteiger partial charge in [0.15, 0.2) is 11.5 Å². The average Bonchev–Trinajstić information content (AvgIpc) is 3.27. The Labute approximate surface area is 217 Å². The molecule has 186 valence electrons. The van der Waals surface area contributed by atoms with E-state index in [1.165, 1.54) is 12.1 Å². The Morgan fingerprint density at radius 2 is 1.89 bits per heavy atom. The number of imidazole rings is 1. The van der Waals surface area contributed by atoms with Crippen LogP contribution < -0.4 is 10.6 Å². The van der Waals surface area contributed by atoms with Crippen molar-refractivity contribution in [3.05, 3.63) is 101 Å². The molecule has 7 nitrogen and oxygen atoms in total. The summed E-state index contributed by atoms with van der Waals surface area (Å²) in [5, 5.41) is 5.95. The number of nitrogens with zero attached hydrogens (tertiary/aromatic N) is 4. The van der Waals surface area contributed by atoms with Gasteiger partial charge in [-0.15, -0.1) is 0 Å². The van der Waals surface area contributed by atoms with Crippen molar-refractivity contribution in [1.82, 2.24) is 19.4 Å². The van der Waals surface area contributed by atoms with Gasteiger partial charge in [0.1, 0.15) is 4.60 Å². The van der Waals surface area contributed by atoms with Gasteiger partial charge in [0, 0.05) is 41.1 Å². The van der Waals surface area contributed by atoms with Crippen LogP contribution in [0.5, 0.6) is 0 Å². The Bertz CT molecular complexity index is 1620. The highest BCUT2D eigenvalue weighted by atomic mass is 79.9. The van der Waals surface area contributed by atoms with Gasteiger partial charge in [-0.3, -0.25) is 14.2 Å². The molecule has 0 saturated carbocycles. The molecule has 1 amide bonds. The number of hydrogen-bond donors (Lipinski definition) is 2. The Morgan fingerprint density at radius 1 is 1.05 bits per heavy atom. The number of amides is 1. The van der Waals surface area contributed by atoms with Gasteiger partial charge in [0.25, 0.3) is 5.91 Å². The third-order valence-electron chi connectivity index (χ3n) is 5.61. The van der Waals surface area contributed by atoms with Gasteiger partial charge < -0.3 is 10.6 Å². The van der Waals surface area contributed by atoms with Gasteiger partial charge in [-0.1, -0.05) is 12.1 Å². The molecular formula is C26H18BrF3N6O. The van der Waals surface area contributed by atoms with E-state index in [1.807, 2.05) is 29.7 Å². The molecule has 0 spiro atoms. The number of anilines is 3. The fraction of sp³-hybridized carbons (Fsp3) is 0.0769. The summed E-state index contributed by atoms with van der Waals surface area (Å²) in [6, 6.07) is 13.1.